The molecule has 0 aliphatic rings. The summed E-state index contributed by atoms with van der Waals surface area (Å²) in [6.07, 6.45) is 1.09. The number of halogens is 1. The molecule has 0 saturated carbocycles. The van der Waals surface area contributed by atoms with Crippen molar-refractivity contribution in [3.05, 3.63) is 23.2 Å². The van der Waals surface area contributed by atoms with Crippen LogP contribution in [0.15, 0.2) is 23.1 Å². The third-order valence-electron chi connectivity index (χ3n) is 3.79. The van der Waals surface area contributed by atoms with Crippen LogP contribution in [0.3, 0.4) is 0 Å². The van der Waals surface area contributed by atoms with Crippen LogP contribution in [0.5, 0.6) is 0 Å². The van der Waals surface area contributed by atoms with Gasteiger partial charge >= 0.3 is 0 Å². The van der Waals surface area contributed by atoms with E-state index in [0.717, 1.165) is 6.26 Å². The third-order valence-corrected chi connectivity index (χ3v) is 5.23. The van der Waals surface area contributed by atoms with Crippen molar-refractivity contribution in [2.45, 2.75) is 38.1 Å². The summed E-state index contributed by atoms with van der Waals surface area (Å²) in [4.78, 5) is 12.5. The topological polar surface area (TPSA) is 89.3 Å². The molecule has 0 bridgehead atoms. The first-order valence-electron chi connectivity index (χ1n) is 6.37. The zero-order valence-electron chi connectivity index (χ0n) is 12.8. The summed E-state index contributed by atoms with van der Waals surface area (Å²) in [5.41, 5.74) is 4.65. The number of rotatable bonds is 4. The van der Waals surface area contributed by atoms with Crippen LogP contribution in [-0.2, 0) is 14.6 Å². The minimum atomic E-state index is -3.38. The van der Waals surface area contributed by atoms with E-state index in [2.05, 4.69) is 5.32 Å². The molecule has 0 spiro atoms. The van der Waals surface area contributed by atoms with E-state index in [0.29, 0.717) is 0 Å². The maximum Gasteiger partial charge on any atom is 0.231 e. The molecule has 0 unspecified atom stereocenters. The number of hydrogen-bond donors (Lipinski definition) is 2. The van der Waals surface area contributed by atoms with Crippen molar-refractivity contribution in [1.82, 2.24) is 0 Å². The molecular weight excluding hydrogens is 312 g/mol. The number of anilines is 1. The van der Waals surface area contributed by atoms with Crippen molar-refractivity contribution in [1.29, 1.82) is 0 Å². The summed E-state index contributed by atoms with van der Waals surface area (Å²) >= 11 is 6.01. The Morgan fingerprint density at radius 3 is 2.19 bits per heavy atom. The van der Waals surface area contributed by atoms with E-state index in [1.807, 2.05) is 0 Å². The molecule has 5 nitrogen and oxygen atoms in total. The van der Waals surface area contributed by atoms with E-state index in [1.54, 1.807) is 27.7 Å². The lowest BCUT2D eigenvalue weighted by Gasteiger charge is -2.37. The maximum absolute atomic E-state index is 12.4. The molecule has 21 heavy (non-hydrogen) atoms. The van der Waals surface area contributed by atoms with Crippen molar-refractivity contribution in [2.75, 3.05) is 11.6 Å². The Balaban J connectivity index is 3.18. The van der Waals surface area contributed by atoms with Crippen molar-refractivity contribution < 1.29 is 13.2 Å². The molecule has 3 N–H and O–H groups in total. The summed E-state index contributed by atoms with van der Waals surface area (Å²) < 4.78 is 23.1. The van der Waals surface area contributed by atoms with Crippen LogP contribution in [0.25, 0.3) is 0 Å². The van der Waals surface area contributed by atoms with Crippen molar-refractivity contribution in [3.63, 3.8) is 0 Å². The van der Waals surface area contributed by atoms with Crippen LogP contribution >= 0.6 is 11.6 Å². The lowest BCUT2D eigenvalue weighted by molar-refractivity contribution is -0.126. The normalized spacial score (nSPS) is 13.1. The predicted octanol–water partition coefficient (Wildman–Crippen LogP) is 2.45. The van der Waals surface area contributed by atoms with Gasteiger partial charge in [0.1, 0.15) is 0 Å². The Morgan fingerprint density at radius 1 is 1.24 bits per heavy atom. The standard InChI is InChI=1S/C14H21ClN2O3S/c1-13(2,14(3,4)16)12(18)17-11-8-9(21(5,19)20)6-7-10(11)15/h6-8H,16H2,1-5H3,(H,17,18). The quantitative estimate of drug-likeness (QED) is 0.886. The van der Waals surface area contributed by atoms with Crippen molar-refractivity contribution >= 4 is 33.0 Å². The smallest absolute Gasteiger partial charge is 0.231 e. The van der Waals surface area contributed by atoms with Crippen LogP contribution in [0.1, 0.15) is 27.7 Å². The number of nitrogens with one attached hydrogen (secondary N) is 1. The SMILES string of the molecule is CC(C)(N)C(C)(C)C(=O)Nc1cc(S(C)(=O)=O)ccc1Cl. The van der Waals surface area contributed by atoms with Crippen LogP contribution in [0, 0.1) is 5.41 Å². The highest BCUT2D eigenvalue weighted by Gasteiger charge is 2.40. The molecule has 0 radical (unpaired) electrons. The van der Waals surface area contributed by atoms with Gasteiger partial charge in [-0.1, -0.05) is 11.6 Å². The lowest BCUT2D eigenvalue weighted by atomic mass is 9.74. The molecule has 1 amide bonds. The molecule has 1 rings (SSSR count). The molecule has 1 aromatic carbocycles. The predicted molar refractivity (Wildman–Crippen MR) is 85.2 cm³/mol. The molecule has 118 valence electrons. The monoisotopic (exact) mass is 332 g/mol. The first kappa shape index (κ1) is 17.9. The number of carbonyl (C=O) groups is 1. The van der Waals surface area contributed by atoms with Gasteiger partial charge in [-0.15, -0.1) is 0 Å². The van der Waals surface area contributed by atoms with Gasteiger partial charge in [0, 0.05) is 11.8 Å². The Kier molecular flexibility index (Phi) is 4.77. The van der Waals surface area contributed by atoms with E-state index in [-0.39, 0.29) is 21.5 Å². The molecule has 0 fully saturated rings. The molecule has 0 aromatic heterocycles. The van der Waals surface area contributed by atoms with Gasteiger partial charge in [-0.3, -0.25) is 4.79 Å². The first-order valence-corrected chi connectivity index (χ1v) is 8.63. The average Bonchev–Trinajstić information content (AvgIpc) is 2.28. The van der Waals surface area contributed by atoms with E-state index in [9.17, 15) is 13.2 Å². The average molecular weight is 333 g/mol. The fourth-order valence-electron chi connectivity index (χ4n) is 1.40. The molecule has 1 aromatic rings. The van der Waals surface area contributed by atoms with E-state index < -0.39 is 20.8 Å². The van der Waals surface area contributed by atoms with Crippen molar-refractivity contribution in [3.8, 4) is 0 Å². The van der Waals surface area contributed by atoms with Gasteiger partial charge in [-0.05, 0) is 45.9 Å². The molecule has 0 heterocycles. The Hall–Kier alpha value is -1.11. The Bertz CT molecular complexity index is 661. The van der Waals surface area contributed by atoms with Gasteiger partial charge in [0.05, 0.1) is 21.0 Å². The second-order valence-corrected chi connectivity index (χ2v) is 8.64. The summed E-state index contributed by atoms with van der Waals surface area (Å²) in [7, 11) is -3.38. The highest BCUT2D eigenvalue weighted by molar-refractivity contribution is 7.90. The van der Waals surface area contributed by atoms with Crippen molar-refractivity contribution in [2.24, 2.45) is 11.1 Å². The van der Waals surface area contributed by atoms with Crippen LogP contribution in [-0.4, -0.2) is 26.1 Å². The molecule has 0 aliphatic heterocycles. The van der Waals surface area contributed by atoms with Gasteiger partial charge in [0.15, 0.2) is 9.84 Å². The van der Waals surface area contributed by atoms with Gasteiger partial charge < -0.3 is 11.1 Å². The lowest BCUT2D eigenvalue weighted by Crippen LogP contribution is -2.53. The van der Waals surface area contributed by atoms with Gasteiger partial charge in [-0.25, -0.2) is 8.42 Å². The van der Waals surface area contributed by atoms with Crippen LogP contribution in [0.4, 0.5) is 5.69 Å². The zero-order chi connectivity index (χ0) is 16.6. The fraction of sp³-hybridized carbons (Fsp3) is 0.500. The zero-order valence-corrected chi connectivity index (χ0v) is 14.4. The van der Waals surface area contributed by atoms with E-state index in [1.165, 1.54) is 18.2 Å². The van der Waals surface area contributed by atoms with E-state index in [4.69, 9.17) is 17.3 Å². The number of amides is 1. The second-order valence-electron chi connectivity index (χ2n) is 6.21. The minimum Gasteiger partial charge on any atom is -0.325 e. The number of hydrogen-bond acceptors (Lipinski definition) is 4. The largest absolute Gasteiger partial charge is 0.325 e. The maximum atomic E-state index is 12.4. The first-order chi connectivity index (χ1) is 9.26. The Morgan fingerprint density at radius 2 is 1.76 bits per heavy atom. The second kappa shape index (κ2) is 5.59. The van der Waals surface area contributed by atoms with Gasteiger partial charge in [-0.2, -0.15) is 0 Å². The van der Waals surface area contributed by atoms with E-state index >= 15 is 0 Å². The fourth-order valence-corrected chi connectivity index (χ4v) is 2.21. The van der Waals surface area contributed by atoms with Gasteiger partial charge in [0.2, 0.25) is 5.91 Å². The minimum absolute atomic E-state index is 0.0898. The molecular formula is C14H21ClN2O3S. The Labute approximate surface area is 130 Å². The number of sulfone groups is 1. The number of carbonyl (C=O) groups excluding carboxylic acids is 1. The third kappa shape index (κ3) is 3.96. The summed E-state index contributed by atoms with van der Waals surface area (Å²) in [6, 6.07) is 4.18. The molecule has 0 atom stereocenters. The highest BCUT2D eigenvalue weighted by atomic mass is 35.5. The molecule has 0 aliphatic carbocycles. The summed E-state index contributed by atoms with van der Waals surface area (Å²) in [5.74, 6) is -0.331. The summed E-state index contributed by atoms with van der Waals surface area (Å²) in [5, 5.41) is 2.92. The van der Waals surface area contributed by atoms with Gasteiger partial charge in [0.25, 0.3) is 0 Å². The highest BCUT2D eigenvalue weighted by Crippen LogP contribution is 2.32. The van der Waals surface area contributed by atoms with Crippen LogP contribution < -0.4 is 11.1 Å². The number of benzene rings is 1. The number of nitrogens with two attached hydrogens (primary N) is 1. The molecule has 0 saturated heterocycles. The molecule has 7 heteroatoms. The summed E-state index contributed by atoms with van der Waals surface area (Å²) in [6.45, 7) is 6.94. The van der Waals surface area contributed by atoms with Crippen LogP contribution in [0.2, 0.25) is 5.02 Å².